The van der Waals surface area contributed by atoms with Gasteiger partial charge in [-0.3, -0.25) is 4.79 Å². The van der Waals surface area contributed by atoms with E-state index >= 15 is 0 Å². The molecule has 3 atom stereocenters. The topological polar surface area (TPSA) is 63.2 Å². The highest BCUT2D eigenvalue weighted by molar-refractivity contribution is 7.15. The van der Waals surface area contributed by atoms with E-state index in [9.17, 15) is 4.79 Å². The number of anilines is 1. The largest absolute Gasteiger partial charge is 0.375 e. The first-order valence-corrected chi connectivity index (χ1v) is 9.13. The minimum atomic E-state index is -0.289. The van der Waals surface area contributed by atoms with Gasteiger partial charge in [0.1, 0.15) is 6.04 Å². The van der Waals surface area contributed by atoms with Gasteiger partial charge in [-0.25, -0.2) is 4.98 Å². The zero-order valence-electron chi connectivity index (χ0n) is 13.8. The molecule has 7 heteroatoms. The third kappa shape index (κ3) is 4.44. The number of ether oxygens (including phenoxy) is 1. The van der Waals surface area contributed by atoms with Crippen LogP contribution in [-0.4, -0.2) is 36.2 Å². The predicted molar refractivity (Wildman–Crippen MR) is 95.6 cm³/mol. The van der Waals surface area contributed by atoms with Crippen LogP contribution in [0.5, 0.6) is 0 Å². The second kappa shape index (κ2) is 8.42. The lowest BCUT2D eigenvalue weighted by atomic mass is 9.88. The summed E-state index contributed by atoms with van der Waals surface area (Å²) < 4.78 is 5.53. The van der Waals surface area contributed by atoms with Crippen molar-refractivity contribution < 1.29 is 9.53 Å². The Morgan fingerprint density at radius 3 is 3.09 bits per heavy atom. The van der Waals surface area contributed by atoms with E-state index in [2.05, 4.69) is 22.5 Å². The molecule has 1 unspecified atom stereocenters. The third-order valence-corrected chi connectivity index (χ3v) is 5.60. The summed E-state index contributed by atoms with van der Waals surface area (Å²) in [4.78, 5) is 18.4. The van der Waals surface area contributed by atoms with Crippen LogP contribution in [-0.2, 0) is 22.4 Å². The van der Waals surface area contributed by atoms with Gasteiger partial charge in [-0.1, -0.05) is 19.8 Å². The molecule has 23 heavy (non-hydrogen) atoms. The summed E-state index contributed by atoms with van der Waals surface area (Å²) in [6, 6.07) is -0.289. The van der Waals surface area contributed by atoms with E-state index in [-0.39, 0.29) is 30.5 Å². The van der Waals surface area contributed by atoms with Crippen LogP contribution in [0, 0.1) is 5.92 Å². The number of nitrogens with zero attached hydrogens (tertiary/aromatic N) is 1. The van der Waals surface area contributed by atoms with E-state index in [1.165, 1.54) is 29.8 Å². The molecule has 1 aliphatic heterocycles. The molecule has 0 saturated carbocycles. The Hall–Kier alpha value is -0.690. The third-order valence-electron chi connectivity index (χ3n) is 4.57. The summed E-state index contributed by atoms with van der Waals surface area (Å²) in [6.07, 6.45) is 5.84. The second-order valence-electron chi connectivity index (χ2n) is 6.28. The quantitative estimate of drug-likeness (QED) is 0.867. The number of amides is 1. The molecule has 130 valence electrons. The Morgan fingerprint density at radius 1 is 1.52 bits per heavy atom. The zero-order valence-corrected chi connectivity index (χ0v) is 15.4. The van der Waals surface area contributed by atoms with Crippen LogP contribution in [0.15, 0.2) is 0 Å². The molecule has 1 aliphatic carbocycles. The van der Waals surface area contributed by atoms with Crippen molar-refractivity contribution in [1.82, 2.24) is 10.3 Å². The standard InChI is InChI=1S/C16H25N3O2S.ClH/c1-3-4-11-5-6-12-13(9-11)22-16(18-12)19-15(20)14-10(2)21-8-7-17-14;/h10-11,14,17H,3-9H2,1-2H3,(H,18,19,20);1H/t10-,11?,14+;/m1./s1. The maximum Gasteiger partial charge on any atom is 0.245 e. The Kier molecular flexibility index (Phi) is 6.83. The molecule has 1 fully saturated rings. The highest BCUT2D eigenvalue weighted by atomic mass is 35.5. The molecule has 1 aromatic heterocycles. The van der Waals surface area contributed by atoms with Crippen LogP contribution >= 0.6 is 23.7 Å². The van der Waals surface area contributed by atoms with Crippen molar-refractivity contribution >= 4 is 34.8 Å². The lowest BCUT2D eigenvalue weighted by Crippen LogP contribution is -2.53. The van der Waals surface area contributed by atoms with Gasteiger partial charge in [0.05, 0.1) is 18.4 Å². The molecule has 1 saturated heterocycles. The highest BCUT2D eigenvalue weighted by Gasteiger charge is 2.29. The molecule has 0 radical (unpaired) electrons. The number of morpholine rings is 1. The maximum atomic E-state index is 12.4. The summed E-state index contributed by atoms with van der Waals surface area (Å²) in [6.45, 7) is 5.55. The number of aryl methyl sites for hydroxylation is 1. The van der Waals surface area contributed by atoms with Gasteiger partial charge in [-0.2, -0.15) is 0 Å². The average Bonchev–Trinajstić information content (AvgIpc) is 2.89. The number of halogens is 1. The van der Waals surface area contributed by atoms with E-state index < -0.39 is 0 Å². The van der Waals surface area contributed by atoms with Crippen molar-refractivity contribution in [1.29, 1.82) is 0 Å². The van der Waals surface area contributed by atoms with Crippen molar-refractivity contribution in [2.75, 3.05) is 18.5 Å². The number of carbonyl (C=O) groups excluding carboxylic acids is 1. The fraction of sp³-hybridized carbons (Fsp3) is 0.750. The number of thiazole rings is 1. The summed E-state index contributed by atoms with van der Waals surface area (Å²) in [5.74, 6) is 0.748. The molecule has 2 N–H and O–H groups in total. The Morgan fingerprint density at radius 2 is 2.35 bits per heavy atom. The van der Waals surface area contributed by atoms with E-state index in [0.717, 1.165) is 30.4 Å². The number of nitrogens with one attached hydrogen (secondary N) is 2. The number of rotatable bonds is 4. The summed E-state index contributed by atoms with van der Waals surface area (Å²) in [5, 5.41) is 6.93. The molecular formula is C16H26ClN3O2S. The first-order chi connectivity index (χ1) is 10.7. The molecule has 0 aromatic carbocycles. The minimum Gasteiger partial charge on any atom is -0.375 e. The molecule has 1 amide bonds. The molecule has 2 aliphatic rings. The van der Waals surface area contributed by atoms with E-state index in [1.807, 2.05) is 6.92 Å². The number of carbonyl (C=O) groups is 1. The number of hydrogen-bond donors (Lipinski definition) is 2. The SMILES string of the molecule is CCCC1CCc2nc(NC(=O)[C@H]3NCCO[C@@H]3C)sc2C1.Cl. The van der Waals surface area contributed by atoms with Crippen molar-refractivity contribution in [3.8, 4) is 0 Å². The first-order valence-electron chi connectivity index (χ1n) is 8.31. The van der Waals surface area contributed by atoms with Crippen LogP contribution < -0.4 is 10.6 Å². The van der Waals surface area contributed by atoms with Gasteiger partial charge in [0, 0.05) is 11.4 Å². The van der Waals surface area contributed by atoms with Crippen LogP contribution in [0.25, 0.3) is 0 Å². The Balaban J connectivity index is 0.00000192. The molecule has 0 spiro atoms. The normalized spacial score (nSPS) is 27.0. The monoisotopic (exact) mass is 359 g/mol. The minimum absolute atomic E-state index is 0. The number of aromatic nitrogens is 1. The fourth-order valence-corrected chi connectivity index (χ4v) is 4.49. The van der Waals surface area contributed by atoms with Gasteiger partial charge >= 0.3 is 0 Å². The summed E-state index contributed by atoms with van der Waals surface area (Å²) in [5.41, 5.74) is 1.19. The van der Waals surface area contributed by atoms with Crippen molar-refractivity contribution in [3.63, 3.8) is 0 Å². The molecule has 1 aromatic rings. The summed E-state index contributed by atoms with van der Waals surface area (Å²) >= 11 is 1.65. The van der Waals surface area contributed by atoms with Gasteiger partial charge in [0.2, 0.25) is 5.91 Å². The van der Waals surface area contributed by atoms with Gasteiger partial charge in [0.25, 0.3) is 0 Å². The van der Waals surface area contributed by atoms with Crippen molar-refractivity contribution in [2.24, 2.45) is 5.92 Å². The predicted octanol–water partition coefficient (Wildman–Crippen LogP) is 2.79. The second-order valence-corrected chi connectivity index (χ2v) is 7.37. The first kappa shape index (κ1) is 18.6. The smallest absolute Gasteiger partial charge is 0.245 e. The fourth-order valence-electron chi connectivity index (χ4n) is 3.36. The van der Waals surface area contributed by atoms with Crippen molar-refractivity contribution in [3.05, 3.63) is 10.6 Å². The van der Waals surface area contributed by atoms with E-state index in [0.29, 0.717) is 6.61 Å². The van der Waals surface area contributed by atoms with Crippen molar-refractivity contribution in [2.45, 2.75) is 58.1 Å². The number of fused-ring (bicyclic) bond motifs is 1. The average molecular weight is 360 g/mol. The highest BCUT2D eigenvalue weighted by Crippen LogP contribution is 2.34. The van der Waals surface area contributed by atoms with Crippen LogP contribution in [0.4, 0.5) is 5.13 Å². The van der Waals surface area contributed by atoms with E-state index in [4.69, 9.17) is 4.74 Å². The summed E-state index contributed by atoms with van der Waals surface area (Å²) in [7, 11) is 0. The van der Waals surface area contributed by atoms with Gasteiger partial charge < -0.3 is 15.4 Å². The maximum absolute atomic E-state index is 12.4. The molecular weight excluding hydrogens is 334 g/mol. The molecule has 3 rings (SSSR count). The Bertz CT molecular complexity index is 537. The number of hydrogen-bond acceptors (Lipinski definition) is 5. The molecule has 2 heterocycles. The van der Waals surface area contributed by atoms with Gasteiger partial charge in [0.15, 0.2) is 5.13 Å². The van der Waals surface area contributed by atoms with E-state index in [1.54, 1.807) is 11.3 Å². The zero-order chi connectivity index (χ0) is 15.5. The van der Waals surface area contributed by atoms with Gasteiger partial charge in [-0.15, -0.1) is 23.7 Å². The molecule has 5 nitrogen and oxygen atoms in total. The van der Waals surface area contributed by atoms with Crippen LogP contribution in [0.3, 0.4) is 0 Å². The lowest BCUT2D eigenvalue weighted by molar-refractivity contribution is -0.123. The Labute approximate surface area is 148 Å². The van der Waals surface area contributed by atoms with Crippen LogP contribution in [0.1, 0.15) is 43.7 Å². The molecule has 0 bridgehead atoms. The lowest BCUT2D eigenvalue weighted by Gasteiger charge is -2.28. The van der Waals surface area contributed by atoms with Crippen LogP contribution in [0.2, 0.25) is 0 Å². The van der Waals surface area contributed by atoms with Gasteiger partial charge in [-0.05, 0) is 32.1 Å².